The minimum absolute atomic E-state index is 0.0764. The molecule has 0 amide bonds. The maximum absolute atomic E-state index is 14.8. The molecular formula is C26H26FN5O4S2. The molecule has 3 heterocycles. The van der Waals surface area contributed by atoms with Crippen LogP contribution in [0.5, 0.6) is 0 Å². The Morgan fingerprint density at radius 2 is 1.84 bits per heavy atom. The summed E-state index contributed by atoms with van der Waals surface area (Å²) in [5, 5.41) is 8.35. The molecule has 2 aromatic carbocycles. The van der Waals surface area contributed by atoms with E-state index in [-0.39, 0.29) is 26.9 Å². The molecule has 0 saturated heterocycles. The van der Waals surface area contributed by atoms with E-state index in [1.807, 2.05) is 0 Å². The van der Waals surface area contributed by atoms with Crippen LogP contribution in [0.3, 0.4) is 0 Å². The highest BCUT2D eigenvalue weighted by Crippen LogP contribution is 2.38. The maximum Gasteiger partial charge on any atom is 0.271 e. The van der Waals surface area contributed by atoms with Crippen LogP contribution in [0.4, 0.5) is 15.9 Å². The van der Waals surface area contributed by atoms with Gasteiger partial charge in [-0.05, 0) is 73.5 Å². The number of aryl methyl sites for hydroxylation is 1. The Morgan fingerprint density at radius 3 is 2.58 bits per heavy atom. The van der Waals surface area contributed by atoms with Crippen LogP contribution in [0.1, 0.15) is 17.5 Å². The summed E-state index contributed by atoms with van der Waals surface area (Å²) in [5.74, 6) is -0.409. The third-order valence-corrected chi connectivity index (χ3v) is 9.03. The minimum Gasteiger partial charge on any atom is -0.325 e. The summed E-state index contributed by atoms with van der Waals surface area (Å²) in [6, 6.07) is 15.2. The zero-order valence-corrected chi connectivity index (χ0v) is 22.1. The summed E-state index contributed by atoms with van der Waals surface area (Å²) in [6.45, 7) is 0.789. The van der Waals surface area contributed by atoms with Crippen LogP contribution in [0.15, 0.2) is 82.8 Å². The van der Waals surface area contributed by atoms with Crippen LogP contribution in [0.25, 0.3) is 11.3 Å². The van der Waals surface area contributed by atoms with Crippen LogP contribution >= 0.6 is 0 Å². The average Bonchev–Trinajstić information content (AvgIpc) is 3.32. The summed E-state index contributed by atoms with van der Waals surface area (Å²) >= 11 is 0. The normalized spacial score (nSPS) is 13.9. The Hall–Kier alpha value is -3.58. The van der Waals surface area contributed by atoms with E-state index in [4.69, 9.17) is 5.14 Å². The van der Waals surface area contributed by atoms with E-state index in [1.54, 1.807) is 30.1 Å². The monoisotopic (exact) mass is 555 g/mol. The highest BCUT2D eigenvalue weighted by Gasteiger charge is 2.31. The van der Waals surface area contributed by atoms with Gasteiger partial charge in [0.05, 0.1) is 10.6 Å². The lowest BCUT2D eigenvalue weighted by atomic mass is 10.0. The van der Waals surface area contributed by atoms with Crippen molar-refractivity contribution in [1.29, 1.82) is 0 Å². The number of pyridine rings is 1. The molecule has 1 aliphatic rings. The Labute approximate surface area is 220 Å². The third-order valence-electron chi connectivity index (χ3n) is 6.42. The first kappa shape index (κ1) is 26.0. The van der Waals surface area contributed by atoms with Crippen LogP contribution in [-0.2, 0) is 33.0 Å². The van der Waals surface area contributed by atoms with Gasteiger partial charge in [-0.15, -0.1) is 0 Å². The van der Waals surface area contributed by atoms with Crippen molar-refractivity contribution in [3.8, 4) is 11.3 Å². The van der Waals surface area contributed by atoms with Crippen LogP contribution in [0, 0.1) is 5.82 Å². The maximum atomic E-state index is 14.8. The Morgan fingerprint density at radius 1 is 1.05 bits per heavy atom. The van der Waals surface area contributed by atoms with E-state index >= 15 is 0 Å². The van der Waals surface area contributed by atoms with E-state index in [2.05, 4.69) is 10.3 Å². The lowest BCUT2D eigenvalue weighted by molar-refractivity contribution is 0.586. The van der Waals surface area contributed by atoms with Gasteiger partial charge in [-0.1, -0.05) is 18.2 Å². The number of hydrogen-bond acceptors (Lipinski definition) is 7. The fraction of sp³-hybridized carbons (Fsp3) is 0.192. The summed E-state index contributed by atoms with van der Waals surface area (Å²) in [7, 11) is -6.52. The number of nitrogens with two attached hydrogens (primary N) is 1. The minimum atomic E-state index is -4.28. The van der Waals surface area contributed by atoms with Crippen molar-refractivity contribution in [1.82, 2.24) is 14.3 Å². The molecule has 2 aromatic heterocycles. The second kappa shape index (κ2) is 9.95. The molecule has 5 rings (SSSR count). The highest BCUT2D eigenvalue weighted by molar-refractivity contribution is 7.90. The Balaban J connectivity index is 1.69. The van der Waals surface area contributed by atoms with Gasteiger partial charge < -0.3 is 10.2 Å². The zero-order valence-electron chi connectivity index (χ0n) is 20.5. The Kier molecular flexibility index (Phi) is 6.82. The molecular weight excluding hydrogens is 529 g/mol. The fourth-order valence-electron chi connectivity index (χ4n) is 4.71. The molecule has 0 bridgehead atoms. The van der Waals surface area contributed by atoms with Crippen LogP contribution in [0.2, 0.25) is 0 Å². The van der Waals surface area contributed by atoms with Gasteiger partial charge in [-0.25, -0.2) is 35.3 Å². The highest BCUT2D eigenvalue weighted by atomic mass is 32.2. The van der Waals surface area contributed by atoms with Gasteiger partial charge in [0.15, 0.2) is 5.82 Å². The zero-order chi connectivity index (χ0) is 27.1. The number of rotatable bonds is 7. The topological polar surface area (TPSA) is 127 Å². The number of nitrogens with one attached hydrogen (secondary N) is 1. The molecule has 38 heavy (non-hydrogen) atoms. The lowest BCUT2D eigenvalue weighted by Crippen LogP contribution is -2.28. The molecule has 0 fully saturated rings. The van der Waals surface area contributed by atoms with Crippen molar-refractivity contribution >= 4 is 31.6 Å². The first-order chi connectivity index (χ1) is 18.1. The number of fused-ring (bicyclic) bond motifs is 1. The number of aromatic nitrogens is 2. The van der Waals surface area contributed by atoms with Crippen molar-refractivity contribution in [2.45, 2.75) is 29.2 Å². The van der Waals surface area contributed by atoms with E-state index in [0.717, 1.165) is 9.54 Å². The summed E-state index contributed by atoms with van der Waals surface area (Å²) < 4.78 is 68.3. The van der Waals surface area contributed by atoms with Crippen molar-refractivity contribution in [3.05, 3.63) is 90.0 Å². The molecule has 0 radical (unpaired) electrons. The third kappa shape index (κ3) is 4.71. The van der Waals surface area contributed by atoms with Gasteiger partial charge in [-0.3, -0.25) is 0 Å². The van der Waals surface area contributed by atoms with Gasteiger partial charge in [0, 0.05) is 36.7 Å². The number of hydrogen-bond donors (Lipinski definition) is 2. The number of nitrogens with zero attached hydrogens (tertiary/aromatic N) is 3. The molecule has 4 aromatic rings. The molecule has 0 unspecified atom stereocenters. The van der Waals surface area contributed by atoms with Gasteiger partial charge in [-0.2, -0.15) is 0 Å². The molecule has 0 saturated carbocycles. The summed E-state index contributed by atoms with van der Waals surface area (Å²) in [5.41, 5.74) is 2.35. The largest absolute Gasteiger partial charge is 0.325 e. The van der Waals surface area contributed by atoms with Gasteiger partial charge in [0.25, 0.3) is 10.0 Å². The molecule has 198 valence electrons. The summed E-state index contributed by atoms with van der Waals surface area (Å²) in [6.07, 6.45) is 4.34. The molecule has 3 N–H and O–H groups in total. The van der Waals surface area contributed by atoms with Gasteiger partial charge in [0.1, 0.15) is 10.7 Å². The molecule has 0 atom stereocenters. The average molecular weight is 556 g/mol. The van der Waals surface area contributed by atoms with Crippen LogP contribution in [-0.4, -0.2) is 39.4 Å². The Bertz CT molecular complexity index is 1740. The van der Waals surface area contributed by atoms with Crippen molar-refractivity contribution in [2.24, 2.45) is 5.14 Å². The number of benzene rings is 2. The quantitative estimate of drug-likeness (QED) is 0.358. The van der Waals surface area contributed by atoms with Crippen molar-refractivity contribution < 1.29 is 21.2 Å². The van der Waals surface area contributed by atoms with Crippen LogP contribution < -0.4 is 15.4 Å². The van der Waals surface area contributed by atoms with Crippen molar-refractivity contribution in [2.75, 3.05) is 18.5 Å². The summed E-state index contributed by atoms with van der Waals surface area (Å²) in [4.78, 5) is 5.93. The number of primary sulfonamides is 1. The molecule has 9 nitrogen and oxygen atoms in total. The lowest BCUT2D eigenvalue weighted by Gasteiger charge is -2.32. The molecule has 0 spiro atoms. The van der Waals surface area contributed by atoms with E-state index in [9.17, 15) is 21.2 Å². The molecule has 0 aliphatic carbocycles. The van der Waals surface area contributed by atoms with E-state index in [0.29, 0.717) is 37.2 Å². The predicted molar refractivity (Wildman–Crippen MR) is 143 cm³/mol. The standard InChI is InChI=1S/C26H26FN5O4S2/c1-29-16-18-14-24(21-7-2-3-8-22(21)27)32(17-18)38(35,36)25-9-4-12-30-26(25)31-13-5-6-19-10-11-20(15-23(19)31)37(28,33)34/h2-4,7-12,14-15,17,29H,5-6,13,16H2,1H3,(H2,28,33,34). The number of sulfonamides is 1. The fourth-order valence-corrected chi connectivity index (χ4v) is 6.78. The predicted octanol–water partition coefficient (Wildman–Crippen LogP) is 3.38. The van der Waals surface area contributed by atoms with E-state index < -0.39 is 25.9 Å². The second-order valence-electron chi connectivity index (χ2n) is 8.96. The number of anilines is 2. The van der Waals surface area contributed by atoms with Crippen molar-refractivity contribution in [3.63, 3.8) is 0 Å². The molecule has 12 heteroatoms. The van der Waals surface area contributed by atoms with Gasteiger partial charge in [0.2, 0.25) is 10.0 Å². The SMILES string of the molecule is CNCc1cc(-c2ccccc2F)n(S(=O)(=O)c2cccnc2N2CCCc3ccc(S(N)(=O)=O)cc32)c1. The van der Waals surface area contributed by atoms with E-state index in [1.165, 1.54) is 54.9 Å². The second-order valence-corrected chi connectivity index (χ2v) is 12.3. The smallest absolute Gasteiger partial charge is 0.271 e. The number of halogens is 1. The van der Waals surface area contributed by atoms with Gasteiger partial charge >= 0.3 is 0 Å². The first-order valence-electron chi connectivity index (χ1n) is 11.9. The first-order valence-corrected chi connectivity index (χ1v) is 14.8. The molecule has 1 aliphatic heterocycles.